The van der Waals surface area contributed by atoms with Crippen LogP contribution in [0.5, 0.6) is 0 Å². The van der Waals surface area contributed by atoms with E-state index in [2.05, 4.69) is 27.1 Å². The summed E-state index contributed by atoms with van der Waals surface area (Å²) < 4.78 is 4.82. The van der Waals surface area contributed by atoms with Gasteiger partial charge in [-0.15, -0.1) is 0 Å². The fraction of sp³-hybridized carbons (Fsp3) is 0.389. The Labute approximate surface area is 147 Å². The number of nitrogens with zero attached hydrogens (tertiary/aromatic N) is 3. The molecule has 1 aliphatic heterocycles. The van der Waals surface area contributed by atoms with E-state index in [-0.39, 0.29) is 0 Å². The van der Waals surface area contributed by atoms with Crippen LogP contribution in [0.25, 0.3) is 0 Å². The number of rotatable bonds is 4. The van der Waals surface area contributed by atoms with Gasteiger partial charge in [0.05, 0.1) is 18.4 Å². The number of nitrogens with two attached hydrogens (primary N) is 1. The lowest BCUT2D eigenvalue weighted by Gasteiger charge is -2.32. The molecule has 2 aromatic rings. The molecule has 0 bridgehead atoms. The fourth-order valence-electron chi connectivity index (χ4n) is 2.97. The van der Waals surface area contributed by atoms with Gasteiger partial charge in [-0.2, -0.15) is 0 Å². The van der Waals surface area contributed by atoms with E-state index in [1.54, 1.807) is 18.2 Å². The van der Waals surface area contributed by atoms with E-state index in [0.29, 0.717) is 22.8 Å². The van der Waals surface area contributed by atoms with Crippen molar-refractivity contribution in [1.29, 1.82) is 0 Å². The maximum atomic E-state index is 11.9. The molecule has 2 heterocycles. The Morgan fingerprint density at radius 1 is 1.28 bits per heavy atom. The van der Waals surface area contributed by atoms with E-state index >= 15 is 0 Å². The van der Waals surface area contributed by atoms with Gasteiger partial charge in [-0.1, -0.05) is 19.1 Å². The number of nitrogens with one attached hydrogen (secondary N) is 1. The lowest BCUT2D eigenvalue weighted by Crippen LogP contribution is -2.34. The van der Waals surface area contributed by atoms with E-state index in [0.717, 1.165) is 37.7 Å². The Morgan fingerprint density at radius 3 is 2.72 bits per heavy atom. The quantitative estimate of drug-likeness (QED) is 0.826. The second-order valence-corrected chi connectivity index (χ2v) is 6.29. The van der Waals surface area contributed by atoms with E-state index in [4.69, 9.17) is 10.5 Å². The maximum absolute atomic E-state index is 11.9. The molecule has 3 N–H and O–H groups in total. The van der Waals surface area contributed by atoms with Crippen molar-refractivity contribution in [2.45, 2.75) is 19.8 Å². The number of methoxy groups -OCH3 is 1. The SMILES string of the molecule is COC(=O)c1ccccc1Nc1ncnc(N2CCC(C)CC2)c1N. The third-order valence-corrected chi connectivity index (χ3v) is 4.53. The normalized spacial score (nSPS) is 15.0. The minimum Gasteiger partial charge on any atom is -0.465 e. The zero-order valence-corrected chi connectivity index (χ0v) is 14.5. The Hall–Kier alpha value is -2.83. The molecular weight excluding hydrogens is 318 g/mol. The van der Waals surface area contributed by atoms with Crippen molar-refractivity contribution >= 4 is 29.0 Å². The van der Waals surface area contributed by atoms with Crippen LogP contribution in [0, 0.1) is 5.92 Å². The van der Waals surface area contributed by atoms with Gasteiger partial charge in [-0.3, -0.25) is 0 Å². The molecular formula is C18H23N5O2. The molecule has 0 radical (unpaired) electrons. The molecule has 0 saturated carbocycles. The highest BCUT2D eigenvalue weighted by Gasteiger charge is 2.21. The standard InChI is InChI=1S/C18H23N5O2/c1-12-7-9-23(10-8-12)17-15(19)16(20-11-21-17)22-14-6-4-3-5-13(14)18(24)25-2/h3-6,11-12H,7-10,19H2,1-2H3,(H,20,21,22). The molecule has 1 aromatic heterocycles. The van der Waals surface area contributed by atoms with Crippen molar-refractivity contribution in [3.05, 3.63) is 36.2 Å². The Bertz CT molecular complexity index is 757. The molecule has 1 fully saturated rings. The Morgan fingerprint density at radius 2 is 2.00 bits per heavy atom. The average molecular weight is 341 g/mol. The van der Waals surface area contributed by atoms with Crippen LogP contribution in [0.1, 0.15) is 30.1 Å². The number of nitrogen functional groups attached to an aromatic ring is 1. The second-order valence-electron chi connectivity index (χ2n) is 6.29. The molecule has 0 atom stereocenters. The maximum Gasteiger partial charge on any atom is 0.339 e. The zero-order valence-electron chi connectivity index (χ0n) is 14.5. The minimum absolute atomic E-state index is 0.416. The van der Waals surface area contributed by atoms with Crippen molar-refractivity contribution in [1.82, 2.24) is 9.97 Å². The van der Waals surface area contributed by atoms with E-state index < -0.39 is 5.97 Å². The fourth-order valence-corrected chi connectivity index (χ4v) is 2.97. The predicted molar refractivity (Wildman–Crippen MR) is 98.1 cm³/mol. The van der Waals surface area contributed by atoms with Crippen LogP contribution in [0.2, 0.25) is 0 Å². The van der Waals surface area contributed by atoms with Crippen LogP contribution in [0.15, 0.2) is 30.6 Å². The monoisotopic (exact) mass is 341 g/mol. The van der Waals surface area contributed by atoms with E-state index in [9.17, 15) is 4.79 Å². The molecule has 3 rings (SSSR count). The number of para-hydroxylation sites is 1. The van der Waals surface area contributed by atoms with E-state index in [1.165, 1.54) is 13.4 Å². The highest BCUT2D eigenvalue weighted by Crippen LogP contribution is 2.31. The number of carbonyl (C=O) groups is 1. The summed E-state index contributed by atoms with van der Waals surface area (Å²) >= 11 is 0. The first-order valence-corrected chi connectivity index (χ1v) is 8.40. The molecule has 1 saturated heterocycles. The number of aromatic nitrogens is 2. The number of hydrogen-bond donors (Lipinski definition) is 2. The van der Waals surface area contributed by atoms with Gasteiger partial charge in [0.2, 0.25) is 0 Å². The van der Waals surface area contributed by atoms with Crippen LogP contribution in [0.4, 0.5) is 23.0 Å². The van der Waals surface area contributed by atoms with Crippen LogP contribution < -0.4 is 16.0 Å². The average Bonchev–Trinajstić information content (AvgIpc) is 2.64. The summed E-state index contributed by atoms with van der Waals surface area (Å²) in [4.78, 5) is 22.7. The molecule has 1 aromatic carbocycles. The number of anilines is 4. The van der Waals surface area contributed by atoms with Gasteiger partial charge in [0.15, 0.2) is 11.6 Å². The number of hydrogen-bond acceptors (Lipinski definition) is 7. The Kier molecular flexibility index (Phi) is 5.02. The zero-order chi connectivity index (χ0) is 17.8. The number of ether oxygens (including phenoxy) is 1. The molecule has 7 heteroatoms. The summed E-state index contributed by atoms with van der Waals surface area (Å²) in [5.41, 5.74) is 7.82. The van der Waals surface area contributed by atoms with Gasteiger partial charge < -0.3 is 20.7 Å². The highest BCUT2D eigenvalue weighted by molar-refractivity contribution is 5.97. The number of benzene rings is 1. The summed E-state index contributed by atoms with van der Waals surface area (Å²) in [5.74, 6) is 1.53. The van der Waals surface area contributed by atoms with Gasteiger partial charge in [-0.05, 0) is 30.9 Å². The van der Waals surface area contributed by atoms with E-state index in [1.807, 2.05) is 6.07 Å². The lowest BCUT2D eigenvalue weighted by atomic mass is 9.99. The molecule has 0 amide bonds. The largest absolute Gasteiger partial charge is 0.465 e. The second kappa shape index (κ2) is 7.38. The topological polar surface area (TPSA) is 93.4 Å². The van der Waals surface area contributed by atoms with Crippen LogP contribution in [0.3, 0.4) is 0 Å². The molecule has 1 aliphatic rings. The Balaban J connectivity index is 1.87. The van der Waals surface area contributed by atoms with Crippen LogP contribution in [-0.4, -0.2) is 36.1 Å². The van der Waals surface area contributed by atoms with Crippen molar-refractivity contribution in [2.75, 3.05) is 36.1 Å². The highest BCUT2D eigenvalue weighted by atomic mass is 16.5. The first-order chi connectivity index (χ1) is 12.1. The number of esters is 1. The van der Waals surface area contributed by atoms with Gasteiger partial charge >= 0.3 is 5.97 Å². The minimum atomic E-state index is -0.416. The molecule has 132 valence electrons. The van der Waals surface area contributed by atoms with Gasteiger partial charge in [0.25, 0.3) is 0 Å². The molecule has 0 unspecified atom stereocenters. The molecule has 7 nitrogen and oxygen atoms in total. The first-order valence-electron chi connectivity index (χ1n) is 8.40. The lowest BCUT2D eigenvalue weighted by molar-refractivity contribution is 0.0602. The third-order valence-electron chi connectivity index (χ3n) is 4.53. The van der Waals surface area contributed by atoms with Gasteiger partial charge in [-0.25, -0.2) is 14.8 Å². The first kappa shape index (κ1) is 17.0. The summed E-state index contributed by atoms with van der Waals surface area (Å²) in [5, 5.41) is 3.14. The predicted octanol–water partition coefficient (Wildman–Crippen LogP) is 2.83. The van der Waals surface area contributed by atoms with Gasteiger partial charge in [0.1, 0.15) is 12.0 Å². The summed E-state index contributed by atoms with van der Waals surface area (Å²) in [7, 11) is 1.35. The van der Waals surface area contributed by atoms with Crippen molar-refractivity contribution in [3.63, 3.8) is 0 Å². The summed E-state index contributed by atoms with van der Waals surface area (Å²) in [6, 6.07) is 7.09. The van der Waals surface area contributed by atoms with Crippen LogP contribution in [-0.2, 0) is 4.74 Å². The molecule has 0 aliphatic carbocycles. The summed E-state index contributed by atoms with van der Waals surface area (Å²) in [6.07, 6.45) is 3.74. The molecule has 25 heavy (non-hydrogen) atoms. The summed E-state index contributed by atoms with van der Waals surface area (Å²) in [6.45, 7) is 4.12. The number of carbonyl (C=O) groups excluding carboxylic acids is 1. The smallest absolute Gasteiger partial charge is 0.339 e. The molecule has 0 spiro atoms. The number of piperidine rings is 1. The van der Waals surface area contributed by atoms with Crippen molar-refractivity contribution in [2.24, 2.45) is 5.92 Å². The van der Waals surface area contributed by atoms with Crippen LogP contribution >= 0.6 is 0 Å². The van der Waals surface area contributed by atoms with Gasteiger partial charge in [0, 0.05) is 13.1 Å². The third kappa shape index (κ3) is 3.65. The van der Waals surface area contributed by atoms with Crippen molar-refractivity contribution < 1.29 is 9.53 Å². The van der Waals surface area contributed by atoms with Crippen molar-refractivity contribution in [3.8, 4) is 0 Å².